The van der Waals surface area contributed by atoms with Crippen molar-refractivity contribution in [2.75, 3.05) is 0 Å². The first-order valence-corrected chi connectivity index (χ1v) is 2.79. The molecule has 0 aliphatic rings. The van der Waals surface area contributed by atoms with E-state index in [4.69, 9.17) is 20.4 Å². The summed E-state index contributed by atoms with van der Waals surface area (Å²) < 4.78 is 3.42. The molecule has 0 aromatic carbocycles. The first-order chi connectivity index (χ1) is 5.59. The van der Waals surface area contributed by atoms with Gasteiger partial charge in [-0.15, -0.1) is 0 Å². The molecule has 9 nitrogen and oxygen atoms in total. The minimum Gasteiger partial charge on any atom is -0.363 e. The van der Waals surface area contributed by atoms with Crippen LogP contribution in [0.2, 0.25) is 0 Å². The number of nitrogens with two attached hydrogens (primary N) is 2. The van der Waals surface area contributed by atoms with Crippen molar-refractivity contribution >= 4 is 11.8 Å². The summed E-state index contributed by atoms with van der Waals surface area (Å²) in [7, 11) is 0. The molecule has 0 aliphatic heterocycles. The lowest BCUT2D eigenvalue weighted by Gasteiger charge is -2.25. The molecule has 0 saturated heterocycles. The van der Waals surface area contributed by atoms with Crippen LogP contribution in [-0.2, 0) is 14.3 Å². The highest BCUT2D eigenvalue weighted by Gasteiger charge is 2.46. The highest BCUT2D eigenvalue weighted by molar-refractivity contribution is 5.82. The molecule has 0 fully saturated rings. The Morgan fingerprint density at radius 1 is 0.923 bits per heavy atom. The number of primary amides is 2. The monoisotopic (exact) mass is 196 g/mol. The van der Waals surface area contributed by atoms with Crippen molar-refractivity contribution in [2.24, 2.45) is 11.5 Å². The fourth-order valence-corrected chi connectivity index (χ4v) is 0.299. The Labute approximate surface area is 71.1 Å². The van der Waals surface area contributed by atoms with Crippen molar-refractivity contribution in [3.8, 4) is 0 Å². The Morgan fingerprint density at radius 3 is 1.31 bits per heavy atom. The molecule has 0 bridgehead atoms. The van der Waals surface area contributed by atoms with Crippen LogP contribution in [0, 0.1) is 0 Å². The van der Waals surface area contributed by atoms with Gasteiger partial charge in [-0.3, -0.25) is 14.3 Å². The van der Waals surface area contributed by atoms with Crippen molar-refractivity contribution in [2.45, 2.75) is 11.9 Å². The first kappa shape index (κ1) is 11.7. The normalized spacial score (nSPS) is 12.6. The highest BCUT2D eigenvalue weighted by atomic mass is 16.9. The topological polar surface area (TPSA) is 176 Å². The van der Waals surface area contributed by atoms with Gasteiger partial charge in [0.25, 0.3) is 0 Å². The van der Waals surface area contributed by atoms with Gasteiger partial charge in [-0.2, -0.15) is 0 Å². The Balaban J connectivity index is 4.61. The third-order valence-electron chi connectivity index (χ3n) is 0.927. The van der Waals surface area contributed by atoms with E-state index in [1.807, 2.05) is 0 Å². The summed E-state index contributed by atoms with van der Waals surface area (Å²) in [4.78, 5) is 20.3. The lowest BCUT2D eigenvalue weighted by Crippen LogP contribution is -2.57. The van der Waals surface area contributed by atoms with Gasteiger partial charge in [-0.1, -0.05) is 0 Å². The number of rotatable bonds is 4. The van der Waals surface area contributed by atoms with Gasteiger partial charge in [0.1, 0.15) is 0 Å². The van der Waals surface area contributed by atoms with Crippen LogP contribution in [0.5, 0.6) is 0 Å². The number of hydrogen-bond donors (Lipinski definition) is 6. The SMILES string of the molecule is NC(=O)C(O)(O)OC(O)(O)C(N)=O. The molecule has 0 radical (unpaired) electrons. The van der Waals surface area contributed by atoms with Crippen molar-refractivity contribution in [3.05, 3.63) is 0 Å². The van der Waals surface area contributed by atoms with Crippen molar-refractivity contribution < 1.29 is 34.8 Å². The number of aliphatic hydroxyl groups is 4. The summed E-state index contributed by atoms with van der Waals surface area (Å²) in [5.41, 5.74) is 8.68. The average Bonchev–Trinajstić information content (AvgIpc) is 1.83. The second-order valence-corrected chi connectivity index (χ2v) is 2.05. The maximum absolute atomic E-state index is 10.1. The van der Waals surface area contributed by atoms with Crippen LogP contribution < -0.4 is 11.5 Å². The van der Waals surface area contributed by atoms with E-state index in [1.165, 1.54) is 0 Å². The molecule has 8 N–H and O–H groups in total. The number of carbonyl (C=O) groups is 2. The van der Waals surface area contributed by atoms with E-state index in [-0.39, 0.29) is 0 Å². The molecule has 76 valence electrons. The maximum atomic E-state index is 10.1. The van der Waals surface area contributed by atoms with Gasteiger partial charge >= 0.3 is 23.8 Å². The summed E-state index contributed by atoms with van der Waals surface area (Å²) in [6.45, 7) is 0. The predicted octanol–water partition coefficient (Wildman–Crippen LogP) is -4.75. The Bertz CT molecular complexity index is 211. The molecule has 0 saturated carbocycles. The lowest BCUT2D eigenvalue weighted by molar-refractivity contribution is -0.432. The van der Waals surface area contributed by atoms with Crippen molar-refractivity contribution in [1.82, 2.24) is 0 Å². The van der Waals surface area contributed by atoms with Crippen molar-refractivity contribution in [3.63, 3.8) is 0 Å². The van der Waals surface area contributed by atoms with E-state index in [0.717, 1.165) is 0 Å². The van der Waals surface area contributed by atoms with Crippen LogP contribution in [-0.4, -0.2) is 44.2 Å². The maximum Gasteiger partial charge on any atom is 0.367 e. The quantitative estimate of drug-likeness (QED) is 0.244. The van der Waals surface area contributed by atoms with E-state index in [2.05, 4.69) is 16.2 Å². The zero-order chi connectivity index (χ0) is 10.9. The van der Waals surface area contributed by atoms with Crippen LogP contribution in [0.15, 0.2) is 0 Å². The summed E-state index contributed by atoms with van der Waals surface area (Å²) in [5.74, 6) is -11.1. The Kier molecular flexibility index (Phi) is 2.92. The summed E-state index contributed by atoms with van der Waals surface area (Å²) >= 11 is 0. The minimum atomic E-state index is -3.70. The molecule has 0 aromatic heterocycles. The molecular weight excluding hydrogens is 188 g/mol. The zero-order valence-corrected chi connectivity index (χ0v) is 6.17. The molecule has 0 aliphatic carbocycles. The molecule has 2 amide bonds. The van der Waals surface area contributed by atoms with E-state index >= 15 is 0 Å². The van der Waals surface area contributed by atoms with Crippen LogP contribution >= 0.6 is 0 Å². The fourth-order valence-electron chi connectivity index (χ4n) is 0.299. The molecule has 0 unspecified atom stereocenters. The second kappa shape index (κ2) is 3.24. The zero-order valence-electron chi connectivity index (χ0n) is 6.17. The third kappa shape index (κ3) is 2.93. The van der Waals surface area contributed by atoms with Crippen LogP contribution in [0.1, 0.15) is 0 Å². The van der Waals surface area contributed by atoms with E-state index < -0.39 is 23.8 Å². The van der Waals surface area contributed by atoms with Gasteiger partial charge in [0, 0.05) is 0 Å². The second-order valence-electron chi connectivity index (χ2n) is 2.05. The molecule has 0 aromatic rings. The van der Waals surface area contributed by atoms with Crippen molar-refractivity contribution in [1.29, 1.82) is 0 Å². The first-order valence-electron chi connectivity index (χ1n) is 2.79. The standard InChI is InChI=1S/C4H8N2O7/c5-1(7)3(9,10)13-4(11,12)2(6)8/h9-12H,(H2,5,7)(H2,6,8). The fraction of sp³-hybridized carbons (Fsp3) is 0.500. The van der Waals surface area contributed by atoms with Gasteiger partial charge in [0.05, 0.1) is 0 Å². The van der Waals surface area contributed by atoms with Gasteiger partial charge in [0.15, 0.2) is 0 Å². The molecule has 9 heteroatoms. The Morgan fingerprint density at radius 2 is 1.15 bits per heavy atom. The van der Waals surface area contributed by atoms with Crippen LogP contribution in [0.3, 0.4) is 0 Å². The Hall–Kier alpha value is -1.26. The van der Waals surface area contributed by atoms with Crippen LogP contribution in [0.4, 0.5) is 0 Å². The van der Waals surface area contributed by atoms with E-state index in [0.29, 0.717) is 0 Å². The largest absolute Gasteiger partial charge is 0.367 e. The number of ether oxygens (including phenoxy) is 1. The average molecular weight is 196 g/mol. The third-order valence-corrected chi connectivity index (χ3v) is 0.927. The number of carbonyl (C=O) groups excluding carboxylic acids is 2. The number of amides is 2. The van der Waals surface area contributed by atoms with E-state index in [1.54, 1.807) is 0 Å². The van der Waals surface area contributed by atoms with Gasteiger partial charge in [0.2, 0.25) is 0 Å². The van der Waals surface area contributed by atoms with Gasteiger partial charge in [-0.05, 0) is 0 Å². The van der Waals surface area contributed by atoms with E-state index in [9.17, 15) is 9.59 Å². The summed E-state index contributed by atoms with van der Waals surface area (Å²) in [6, 6.07) is 0. The summed E-state index contributed by atoms with van der Waals surface area (Å²) in [6.07, 6.45) is 0. The smallest absolute Gasteiger partial charge is 0.363 e. The molecular formula is C4H8N2O7. The molecule has 0 heterocycles. The van der Waals surface area contributed by atoms with Gasteiger partial charge in [-0.25, -0.2) is 0 Å². The molecule has 0 spiro atoms. The lowest BCUT2D eigenvalue weighted by atomic mass is 10.5. The molecule has 13 heavy (non-hydrogen) atoms. The number of hydrogen-bond acceptors (Lipinski definition) is 7. The van der Waals surface area contributed by atoms with Gasteiger partial charge < -0.3 is 31.9 Å². The van der Waals surface area contributed by atoms with Crippen LogP contribution in [0.25, 0.3) is 0 Å². The highest BCUT2D eigenvalue weighted by Crippen LogP contribution is 2.11. The predicted molar refractivity (Wildman–Crippen MR) is 33.8 cm³/mol. The molecule has 0 rings (SSSR count). The minimum absolute atomic E-state index is 1.85. The molecule has 0 atom stereocenters. The summed E-state index contributed by atoms with van der Waals surface area (Å²) in [5, 5.41) is 34.0.